The first kappa shape index (κ1) is 7.42. The monoisotopic (exact) mass is 276 g/mol. The standard InChI is InChI=1S/C7H5IN2S/c1-4-10-6-5(11-4)2-3-9-7(6)8/h2-3H,1H3. The van der Waals surface area contributed by atoms with E-state index in [0.717, 1.165) is 14.2 Å². The van der Waals surface area contributed by atoms with Gasteiger partial charge in [0.25, 0.3) is 0 Å². The van der Waals surface area contributed by atoms with Crippen LogP contribution in [-0.2, 0) is 0 Å². The molecule has 2 nitrogen and oxygen atoms in total. The molecule has 0 amide bonds. The molecule has 0 aliphatic heterocycles. The molecule has 0 radical (unpaired) electrons. The summed E-state index contributed by atoms with van der Waals surface area (Å²) in [5.74, 6) is 0. The first-order valence-corrected chi connectivity index (χ1v) is 5.04. The van der Waals surface area contributed by atoms with Crippen LogP contribution in [0.5, 0.6) is 0 Å². The molecule has 0 unspecified atom stereocenters. The highest BCUT2D eigenvalue weighted by Crippen LogP contribution is 2.23. The van der Waals surface area contributed by atoms with Crippen molar-refractivity contribution in [2.24, 2.45) is 0 Å². The number of halogens is 1. The number of nitrogens with zero attached hydrogens (tertiary/aromatic N) is 2. The average Bonchev–Trinajstić information content (AvgIpc) is 2.31. The van der Waals surface area contributed by atoms with Gasteiger partial charge in [0.1, 0.15) is 9.22 Å². The van der Waals surface area contributed by atoms with Crippen molar-refractivity contribution in [3.8, 4) is 0 Å². The molecule has 0 aliphatic carbocycles. The number of thiazole rings is 1. The van der Waals surface area contributed by atoms with Crippen LogP contribution < -0.4 is 0 Å². The van der Waals surface area contributed by atoms with Crippen molar-refractivity contribution in [3.05, 3.63) is 21.0 Å². The molecule has 0 spiro atoms. The molecule has 4 heteroatoms. The first-order chi connectivity index (χ1) is 5.27. The summed E-state index contributed by atoms with van der Waals surface area (Å²) < 4.78 is 2.21. The van der Waals surface area contributed by atoms with Gasteiger partial charge in [0, 0.05) is 6.20 Å². The summed E-state index contributed by atoms with van der Waals surface area (Å²) >= 11 is 3.91. The lowest BCUT2D eigenvalue weighted by molar-refractivity contribution is 1.26. The van der Waals surface area contributed by atoms with E-state index in [1.54, 1.807) is 11.3 Å². The van der Waals surface area contributed by atoms with E-state index in [1.165, 1.54) is 4.70 Å². The summed E-state index contributed by atoms with van der Waals surface area (Å²) in [6.45, 7) is 2.01. The van der Waals surface area contributed by atoms with E-state index in [0.29, 0.717) is 0 Å². The normalized spacial score (nSPS) is 10.7. The van der Waals surface area contributed by atoms with Crippen LogP contribution in [0.25, 0.3) is 10.2 Å². The molecule has 0 saturated carbocycles. The highest BCUT2D eigenvalue weighted by molar-refractivity contribution is 14.1. The minimum Gasteiger partial charge on any atom is -0.248 e. The van der Waals surface area contributed by atoms with E-state index in [9.17, 15) is 0 Å². The van der Waals surface area contributed by atoms with Gasteiger partial charge in [0.15, 0.2) is 0 Å². The van der Waals surface area contributed by atoms with Crippen LogP contribution in [0, 0.1) is 10.6 Å². The van der Waals surface area contributed by atoms with E-state index >= 15 is 0 Å². The summed E-state index contributed by atoms with van der Waals surface area (Å²) in [5.41, 5.74) is 1.04. The Balaban J connectivity index is 2.90. The van der Waals surface area contributed by atoms with Gasteiger partial charge in [0.2, 0.25) is 0 Å². The van der Waals surface area contributed by atoms with Gasteiger partial charge in [-0.1, -0.05) is 0 Å². The van der Waals surface area contributed by atoms with E-state index in [4.69, 9.17) is 0 Å². The molecule has 0 bridgehead atoms. The fourth-order valence-corrected chi connectivity index (χ4v) is 2.51. The van der Waals surface area contributed by atoms with Gasteiger partial charge >= 0.3 is 0 Å². The number of aromatic nitrogens is 2. The van der Waals surface area contributed by atoms with Crippen molar-refractivity contribution in [1.82, 2.24) is 9.97 Å². The second kappa shape index (κ2) is 2.67. The molecule has 11 heavy (non-hydrogen) atoms. The van der Waals surface area contributed by atoms with Crippen LogP contribution in [0.2, 0.25) is 0 Å². The molecule has 0 aromatic carbocycles. The van der Waals surface area contributed by atoms with E-state index in [1.807, 2.05) is 19.2 Å². The Morgan fingerprint density at radius 1 is 1.55 bits per heavy atom. The van der Waals surface area contributed by atoms with Crippen LogP contribution in [0.3, 0.4) is 0 Å². The number of hydrogen-bond acceptors (Lipinski definition) is 3. The van der Waals surface area contributed by atoms with Crippen LogP contribution in [0.1, 0.15) is 5.01 Å². The minimum atomic E-state index is 0.990. The Bertz CT molecular complexity index is 396. The van der Waals surface area contributed by atoms with Crippen LogP contribution in [0.4, 0.5) is 0 Å². The van der Waals surface area contributed by atoms with Crippen molar-refractivity contribution in [3.63, 3.8) is 0 Å². The summed E-state index contributed by atoms with van der Waals surface area (Å²) in [4.78, 5) is 8.51. The maximum Gasteiger partial charge on any atom is 0.128 e. The summed E-state index contributed by atoms with van der Waals surface area (Å²) in [7, 11) is 0. The lowest BCUT2D eigenvalue weighted by Crippen LogP contribution is -1.79. The molecular weight excluding hydrogens is 271 g/mol. The second-order valence-electron chi connectivity index (χ2n) is 2.18. The van der Waals surface area contributed by atoms with Crippen molar-refractivity contribution in [2.45, 2.75) is 6.92 Å². The van der Waals surface area contributed by atoms with Crippen LogP contribution in [0.15, 0.2) is 12.3 Å². The summed E-state index contributed by atoms with van der Waals surface area (Å²) in [5, 5.41) is 1.10. The zero-order chi connectivity index (χ0) is 7.84. The number of pyridine rings is 1. The SMILES string of the molecule is Cc1nc2c(I)nccc2s1. The van der Waals surface area contributed by atoms with Gasteiger partial charge in [-0.2, -0.15) is 0 Å². The molecule has 2 aromatic heterocycles. The maximum atomic E-state index is 4.36. The fraction of sp³-hybridized carbons (Fsp3) is 0.143. The van der Waals surface area contributed by atoms with Gasteiger partial charge in [-0.3, -0.25) is 0 Å². The highest BCUT2D eigenvalue weighted by atomic mass is 127. The van der Waals surface area contributed by atoms with Crippen molar-refractivity contribution in [1.29, 1.82) is 0 Å². The highest BCUT2D eigenvalue weighted by Gasteiger charge is 2.02. The first-order valence-electron chi connectivity index (χ1n) is 3.15. The molecule has 2 rings (SSSR count). The third kappa shape index (κ3) is 1.24. The number of aryl methyl sites for hydroxylation is 1. The fourth-order valence-electron chi connectivity index (χ4n) is 0.935. The molecule has 2 heterocycles. The quantitative estimate of drug-likeness (QED) is 0.546. The topological polar surface area (TPSA) is 25.8 Å². The molecular formula is C7H5IN2S. The predicted molar refractivity (Wildman–Crippen MR) is 54.9 cm³/mol. The Labute approximate surface area is 81.8 Å². The maximum absolute atomic E-state index is 4.36. The van der Waals surface area contributed by atoms with Gasteiger partial charge in [0.05, 0.1) is 9.71 Å². The summed E-state index contributed by atoms with van der Waals surface area (Å²) in [6.07, 6.45) is 1.82. The zero-order valence-corrected chi connectivity index (χ0v) is 8.81. The van der Waals surface area contributed by atoms with Crippen molar-refractivity contribution >= 4 is 44.1 Å². The molecule has 56 valence electrons. The average molecular weight is 276 g/mol. The molecule has 2 aromatic rings. The van der Waals surface area contributed by atoms with E-state index < -0.39 is 0 Å². The van der Waals surface area contributed by atoms with Gasteiger partial charge in [-0.15, -0.1) is 11.3 Å². The largest absolute Gasteiger partial charge is 0.248 e. The molecule has 0 saturated heterocycles. The third-order valence-electron chi connectivity index (χ3n) is 1.37. The second-order valence-corrected chi connectivity index (χ2v) is 4.44. The number of hydrogen-bond donors (Lipinski definition) is 0. The van der Waals surface area contributed by atoms with E-state index in [-0.39, 0.29) is 0 Å². The van der Waals surface area contributed by atoms with Crippen molar-refractivity contribution < 1.29 is 0 Å². The zero-order valence-electron chi connectivity index (χ0n) is 5.84. The van der Waals surface area contributed by atoms with Crippen LogP contribution in [-0.4, -0.2) is 9.97 Å². The number of fused-ring (bicyclic) bond motifs is 1. The minimum absolute atomic E-state index is 0.990. The molecule has 0 N–H and O–H groups in total. The van der Waals surface area contributed by atoms with Gasteiger partial charge < -0.3 is 0 Å². The molecule has 0 fully saturated rings. The Morgan fingerprint density at radius 3 is 3.09 bits per heavy atom. The van der Waals surface area contributed by atoms with Gasteiger partial charge in [-0.25, -0.2) is 9.97 Å². The Morgan fingerprint density at radius 2 is 2.36 bits per heavy atom. The smallest absolute Gasteiger partial charge is 0.128 e. The van der Waals surface area contributed by atoms with Crippen LogP contribution >= 0.6 is 33.9 Å². The Hall–Kier alpha value is -0.230. The van der Waals surface area contributed by atoms with Gasteiger partial charge in [-0.05, 0) is 35.6 Å². The van der Waals surface area contributed by atoms with Crippen molar-refractivity contribution in [2.75, 3.05) is 0 Å². The molecule has 0 atom stereocenters. The molecule has 0 aliphatic rings. The van der Waals surface area contributed by atoms with E-state index in [2.05, 4.69) is 32.6 Å². The lowest BCUT2D eigenvalue weighted by atomic mass is 10.5. The summed E-state index contributed by atoms with van der Waals surface area (Å²) in [6, 6.07) is 2.00. The number of rotatable bonds is 0. The third-order valence-corrected chi connectivity index (χ3v) is 3.09. The lowest BCUT2D eigenvalue weighted by Gasteiger charge is -1.87. The predicted octanol–water partition coefficient (Wildman–Crippen LogP) is 2.60. The Kier molecular flexibility index (Phi) is 1.80.